The van der Waals surface area contributed by atoms with Crippen molar-refractivity contribution in [1.82, 2.24) is 29.8 Å². The standard InChI is InChI=1S/C28H28ClN7O2/c29-23-4-7-25(8-5-23)38-26-3-1-2-20(14-26)16-34-17-21-10-13-35(19-22(21)18-34)28(37)33-24-6-9-27(30-15-24)36-31-11-12-32-36/h1-9,11-12,14-15,21-22H,10,13,16-19H2,(H,33,37)/t21-,22+/m1/s1. The van der Waals surface area contributed by atoms with E-state index in [-0.39, 0.29) is 6.03 Å². The summed E-state index contributed by atoms with van der Waals surface area (Å²) in [7, 11) is 0. The molecule has 2 saturated heterocycles. The van der Waals surface area contributed by atoms with E-state index in [9.17, 15) is 4.79 Å². The Morgan fingerprint density at radius 3 is 2.58 bits per heavy atom. The minimum Gasteiger partial charge on any atom is -0.457 e. The van der Waals surface area contributed by atoms with Crippen LogP contribution in [0.1, 0.15) is 12.0 Å². The highest BCUT2D eigenvalue weighted by molar-refractivity contribution is 6.30. The van der Waals surface area contributed by atoms with Gasteiger partial charge in [-0.3, -0.25) is 4.90 Å². The van der Waals surface area contributed by atoms with E-state index in [0.717, 1.165) is 50.6 Å². The molecule has 2 aliphatic heterocycles. The van der Waals surface area contributed by atoms with Gasteiger partial charge in [0.05, 0.1) is 24.3 Å². The van der Waals surface area contributed by atoms with E-state index in [1.54, 1.807) is 24.7 Å². The van der Waals surface area contributed by atoms with E-state index in [1.807, 2.05) is 47.4 Å². The van der Waals surface area contributed by atoms with Crippen LogP contribution in [-0.4, -0.2) is 62.0 Å². The molecule has 2 aromatic carbocycles. The number of urea groups is 1. The number of amides is 2. The Kier molecular flexibility index (Phi) is 6.94. The molecule has 1 N–H and O–H groups in total. The molecule has 0 radical (unpaired) electrons. The summed E-state index contributed by atoms with van der Waals surface area (Å²) in [6.45, 7) is 4.41. The molecule has 4 aromatic rings. The van der Waals surface area contributed by atoms with E-state index in [2.05, 4.69) is 37.5 Å². The summed E-state index contributed by atoms with van der Waals surface area (Å²) in [5.41, 5.74) is 1.87. The fourth-order valence-corrected chi connectivity index (χ4v) is 5.42. The fourth-order valence-electron chi connectivity index (χ4n) is 5.30. The van der Waals surface area contributed by atoms with E-state index < -0.39 is 0 Å². The molecular formula is C28H28ClN7O2. The van der Waals surface area contributed by atoms with E-state index in [4.69, 9.17) is 16.3 Å². The fraction of sp³-hybridized carbons (Fsp3) is 0.286. The van der Waals surface area contributed by atoms with Gasteiger partial charge >= 0.3 is 6.03 Å². The van der Waals surface area contributed by atoms with Crippen LogP contribution >= 0.6 is 11.6 Å². The Bertz CT molecular complexity index is 1380. The second-order valence-corrected chi connectivity index (χ2v) is 10.2. The van der Waals surface area contributed by atoms with Gasteiger partial charge in [-0.25, -0.2) is 9.78 Å². The maximum atomic E-state index is 13.0. The van der Waals surface area contributed by atoms with Crippen LogP contribution in [0.2, 0.25) is 5.02 Å². The summed E-state index contributed by atoms with van der Waals surface area (Å²) < 4.78 is 6.01. The first kappa shape index (κ1) is 24.4. The summed E-state index contributed by atoms with van der Waals surface area (Å²) in [6.07, 6.45) is 5.83. The lowest BCUT2D eigenvalue weighted by Crippen LogP contribution is -2.45. The maximum Gasteiger partial charge on any atom is 0.321 e. The Balaban J connectivity index is 1.02. The van der Waals surface area contributed by atoms with Crippen molar-refractivity contribution < 1.29 is 9.53 Å². The number of ether oxygens (including phenoxy) is 1. The SMILES string of the molecule is O=C(Nc1ccc(-n2nccn2)nc1)N1CC[C@@H]2CN(Cc3cccc(Oc4ccc(Cl)cc4)c3)C[C@H]2C1. The summed E-state index contributed by atoms with van der Waals surface area (Å²) in [6, 6.07) is 19.1. The molecule has 10 heteroatoms. The Morgan fingerprint density at radius 1 is 0.974 bits per heavy atom. The molecule has 2 aliphatic rings. The van der Waals surface area contributed by atoms with E-state index >= 15 is 0 Å². The lowest BCUT2D eigenvalue weighted by atomic mass is 9.89. The van der Waals surface area contributed by atoms with Gasteiger partial charge in [0.25, 0.3) is 0 Å². The van der Waals surface area contributed by atoms with Crippen LogP contribution in [0.5, 0.6) is 11.5 Å². The summed E-state index contributed by atoms with van der Waals surface area (Å²) in [5.74, 6) is 3.25. The Labute approximate surface area is 226 Å². The van der Waals surface area contributed by atoms with Crippen LogP contribution in [-0.2, 0) is 6.54 Å². The number of rotatable bonds is 6. The number of fused-ring (bicyclic) bond motifs is 1. The molecule has 0 bridgehead atoms. The molecule has 0 unspecified atom stereocenters. The number of hydrogen-bond acceptors (Lipinski definition) is 6. The van der Waals surface area contributed by atoms with Crippen molar-refractivity contribution in [1.29, 1.82) is 0 Å². The predicted octanol–water partition coefficient (Wildman–Crippen LogP) is 5.09. The Morgan fingerprint density at radius 2 is 1.79 bits per heavy atom. The van der Waals surface area contributed by atoms with Crippen molar-refractivity contribution in [3.63, 3.8) is 0 Å². The summed E-state index contributed by atoms with van der Waals surface area (Å²) >= 11 is 5.98. The first-order valence-electron chi connectivity index (χ1n) is 12.7. The van der Waals surface area contributed by atoms with Crippen molar-refractivity contribution >= 4 is 23.3 Å². The van der Waals surface area contributed by atoms with Crippen molar-refractivity contribution in [3.8, 4) is 17.3 Å². The molecule has 0 aliphatic carbocycles. The lowest BCUT2D eigenvalue weighted by Gasteiger charge is -2.34. The third kappa shape index (κ3) is 5.64. The third-order valence-corrected chi connectivity index (χ3v) is 7.39. The summed E-state index contributed by atoms with van der Waals surface area (Å²) in [4.78, 5) is 23.2. The number of carbonyl (C=O) groups is 1. The van der Waals surface area contributed by atoms with Gasteiger partial charge in [-0.15, -0.1) is 4.80 Å². The monoisotopic (exact) mass is 529 g/mol. The average molecular weight is 530 g/mol. The molecule has 2 amide bonds. The quantitative estimate of drug-likeness (QED) is 0.374. The van der Waals surface area contributed by atoms with Gasteiger partial charge in [0.1, 0.15) is 11.5 Å². The number of aromatic nitrogens is 4. The Hall–Kier alpha value is -3.95. The molecule has 0 saturated carbocycles. The number of halogens is 1. The molecule has 0 spiro atoms. The number of piperidine rings is 1. The number of benzene rings is 2. The van der Waals surface area contributed by atoms with Crippen LogP contribution in [0.15, 0.2) is 79.3 Å². The van der Waals surface area contributed by atoms with Crippen molar-refractivity contribution in [3.05, 3.63) is 89.8 Å². The largest absolute Gasteiger partial charge is 0.457 e. The number of hydrogen-bond donors (Lipinski definition) is 1. The highest BCUT2D eigenvalue weighted by atomic mass is 35.5. The van der Waals surface area contributed by atoms with Crippen LogP contribution in [0.25, 0.3) is 5.82 Å². The highest BCUT2D eigenvalue weighted by Crippen LogP contribution is 2.33. The number of carbonyl (C=O) groups excluding carboxylic acids is 1. The molecule has 2 fully saturated rings. The minimum atomic E-state index is -0.0827. The van der Waals surface area contributed by atoms with Crippen LogP contribution < -0.4 is 10.1 Å². The van der Waals surface area contributed by atoms with Crippen molar-refractivity contribution in [2.24, 2.45) is 11.8 Å². The molecule has 194 valence electrons. The molecule has 6 rings (SSSR count). The predicted molar refractivity (Wildman–Crippen MR) is 145 cm³/mol. The van der Waals surface area contributed by atoms with E-state index in [0.29, 0.717) is 28.4 Å². The van der Waals surface area contributed by atoms with Crippen LogP contribution in [0, 0.1) is 11.8 Å². The van der Waals surface area contributed by atoms with Crippen molar-refractivity contribution in [2.45, 2.75) is 13.0 Å². The van der Waals surface area contributed by atoms with Gasteiger partial charge in [0, 0.05) is 37.7 Å². The normalized spacial score (nSPS) is 19.2. The smallest absolute Gasteiger partial charge is 0.321 e. The third-order valence-electron chi connectivity index (χ3n) is 7.14. The van der Waals surface area contributed by atoms with Gasteiger partial charge in [0.2, 0.25) is 0 Å². The molecule has 9 nitrogen and oxygen atoms in total. The van der Waals surface area contributed by atoms with Crippen LogP contribution in [0.4, 0.5) is 10.5 Å². The zero-order valence-corrected chi connectivity index (χ0v) is 21.5. The summed E-state index contributed by atoms with van der Waals surface area (Å²) in [5, 5.41) is 11.8. The second-order valence-electron chi connectivity index (χ2n) is 9.81. The zero-order valence-electron chi connectivity index (χ0n) is 20.8. The number of pyridine rings is 1. The van der Waals surface area contributed by atoms with Gasteiger partial charge in [0.15, 0.2) is 5.82 Å². The highest BCUT2D eigenvalue weighted by Gasteiger charge is 2.38. The average Bonchev–Trinajstić information content (AvgIpc) is 3.60. The number of anilines is 1. The lowest BCUT2D eigenvalue weighted by molar-refractivity contribution is 0.161. The van der Waals surface area contributed by atoms with Gasteiger partial charge in [-0.1, -0.05) is 23.7 Å². The number of likely N-dealkylation sites (tertiary alicyclic amines) is 2. The first-order valence-corrected chi connectivity index (χ1v) is 13.1. The van der Waals surface area contributed by atoms with Crippen LogP contribution in [0.3, 0.4) is 0 Å². The second kappa shape index (κ2) is 10.8. The van der Waals surface area contributed by atoms with Gasteiger partial charge < -0.3 is 15.0 Å². The molecule has 4 heterocycles. The molecule has 2 aromatic heterocycles. The number of nitrogens with one attached hydrogen (secondary N) is 1. The zero-order chi connectivity index (χ0) is 25.9. The van der Waals surface area contributed by atoms with E-state index in [1.165, 1.54) is 10.4 Å². The molecular weight excluding hydrogens is 502 g/mol. The molecule has 38 heavy (non-hydrogen) atoms. The van der Waals surface area contributed by atoms with Crippen molar-refractivity contribution in [2.75, 3.05) is 31.5 Å². The minimum absolute atomic E-state index is 0.0827. The molecule has 2 atom stereocenters. The first-order chi connectivity index (χ1) is 18.6. The van der Waals surface area contributed by atoms with Gasteiger partial charge in [-0.05, 0) is 72.4 Å². The topological polar surface area (TPSA) is 88.4 Å². The maximum absolute atomic E-state index is 13.0. The van der Waals surface area contributed by atoms with Gasteiger partial charge in [-0.2, -0.15) is 10.2 Å². The number of nitrogens with zero attached hydrogens (tertiary/aromatic N) is 6.